The first kappa shape index (κ1) is 14.0. The van der Waals surface area contributed by atoms with Crippen molar-refractivity contribution in [2.75, 3.05) is 17.7 Å². The van der Waals surface area contributed by atoms with E-state index in [1.54, 1.807) is 7.05 Å². The molecular formula is C13H9ClF2N4S. The molecule has 21 heavy (non-hydrogen) atoms. The summed E-state index contributed by atoms with van der Waals surface area (Å²) in [4.78, 5) is 9.28. The molecule has 2 N–H and O–H groups in total. The lowest BCUT2D eigenvalue weighted by molar-refractivity contribution is 0.586. The minimum Gasteiger partial charge on any atom is -0.357 e. The molecule has 3 aromatic rings. The zero-order valence-electron chi connectivity index (χ0n) is 10.7. The van der Waals surface area contributed by atoms with E-state index in [0.29, 0.717) is 11.8 Å². The van der Waals surface area contributed by atoms with Gasteiger partial charge >= 0.3 is 0 Å². The monoisotopic (exact) mass is 326 g/mol. The Balaban J connectivity index is 2.11. The van der Waals surface area contributed by atoms with E-state index in [0.717, 1.165) is 22.3 Å². The molecule has 0 aliphatic rings. The van der Waals surface area contributed by atoms with Crippen molar-refractivity contribution in [2.45, 2.75) is 0 Å². The van der Waals surface area contributed by atoms with Gasteiger partial charge in [0.15, 0.2) is 5.82 Å². The SMILES string of the molecule is CNc1nc(Nc2c(F)cc(F)cc2Cl)c2ccsc2n1. The van der Waals surface area contributed by atoms with Crippen molar-refractivity contribution < 1.29 is 8.78 Å². The van der Waals surface area contributed by atoms with Gasteiger partial charge in [0, 0.05) is 13.1 Å². The highest BCUT2D eigenvalue weighted by Gasteiger charge is 2.14. The molecule has 0 unspecified atom stereocenters. The summed E-state index contributed by atoms with van der Waals surface area (Å²) in [6.07, 6.45) is 0. The first-order chi connectivity index (χ1) is 10.1. The summed E-state index contributed by atoms with van der Waals surface area (Å²) in [6.45, 7) is 0. The minimum atomic E-state index is -0.784. The van der Waals surface area contributed by atoms with Gasteiger partial charge in [0.25, 0.3) is 0 Å². The zero-order chi connectivity index (χ0) is 15.0. The molecule has 3 rings (SSSR count). The van der Waals surface area contributed by atoms with E-state index in [1.807, 2.05) is 11.4 Å². The summed E-state index contributed by atoms with van der Waals surface area (Å²) in [5.41, 5.74) is -0.0219. The topological polar surface area (TPSA) is 49.8 Å². The van der Waals surface area contributed by atoms with Gasteiger partial charge in [-0.3, -0.25) is 0 Å². The van der Waals surface area contributed by atoms with Crippen molar-refractivity contribution >= 4 is 50.6 Å². The third-order valence-electron chi connectivity index (χ3n) is 2.80. The van der Waals surface area contributed by atoms with Crippen LogP contribution in [0.1, 0.15) is 0 Å². The van der Waals surface area contributed by atoms with Crippen LogP contribution in [0.15, 0.2) is 23.6 Å². The fourth-order valence-electron chi connectivity index (χ4n) is 1.84. The predicted octanol–water partition coefficient (Wildman–Crippen LogP) is 4.41. The van der Waals surface area contributed by atoms with Gasteiger partial charge in [-0.25, -0.2) is 13.8 Å². The molecule has 0 fully saturated rings. The first-order valence-corrected chi connectivity index (χ1v) is 7.19. The van der Waals surface area contributed by atoms with Gasteiger partial charge in [-0.05, 0) is 17.5 Å². The quantitative estimate of drug-likeness (QED) is 0.748. The normalized spacial score (nSPS) is 10.9. The lowest BCUT2D eigenvalue weighted by Gasteiger charge is -2.11. The first-order valence-electron chi connectivity index (χ1n) is 5.93. The van der Waals surface area contributed by atoms with E-state index < -0.39 is 11.6 Å². The molecule has 0 bridgehead atoms. The zero-order valence-corrected chi connectivity index (χ0v) is 12.3. The van der Waals surface area contributed by atoms with Crippen molar-refractivity contribution in [1.82, 2.24) is 9.97 Å². The molecule has 8 heteroatoms. The van der Waals surface area contributed by atoms with Crippen LogP contribution < -0.4 is 10.6 Å². The van der Waals surface area contributed by atoms with Crippen molar-refractivity contribution in [1.29, 1.82) is 0 Å². The number of thiophene rings is 1. The van der Waals surface area contributed by atoms with Crippen LogP contribution in [-0.4, -0.2) is 17.0 Å². The molecule has 0 saturated heterocycles. The summed E-state index contributed by atoms with van der Waals surface area (Å²) in [7, 11) is 1.68. The Morgan fingerprint density at radius 1 is 1.24 bits per heavy atom. The van der Waals surface area contributed by atoms with Gasteiger partial charge in [0.05, 0.1) is 16.1 Å². The molecule has 0 spiro atoms. The number of nitrogens with one attached hydrogen (secondary N) is 2. The largest absolute Gasteiger partial charge is 0.357 e. The second-order valence-corrected chi connectivity index (χ2v) is 5.46. The van der Waals surface area contributed by atoms with Crippen molar-refractivity contribution in [3.8, 4) is 0 Å². The van der Waals surface area contributed by atoms with Crippen molar-refractivity contribution in [3.63, 3.8) is 0 Å². The van der Waals surface area contributed by atoms with Crippen LogP contribution in [0.2, 0.25) is 5.02 Å². The van der Waals surface area contributed by atoms with Crippen LogP contribution in [0.4, 0.5) is 26.2 Å². The maximum Gasteiger partial charge on any atom is 0.225 e. The van der Waals surface area contributed by atoms with Crippen LogP contribution >= 0.6 is 22.9 Å². The molecule has 0 aliphatic carbocycles. The summed E-state index contributed by atoms with van der Waals surface area (Å²) >= 11 is 7.32. The molecule has 4 nitrogen and oxygen atoms in total. The molecule has 0 saturated carbocycles. The molecule has 0 radical (unpaired) electrons. The average molecular weight is 327 g/mol. The summed E-state index contributed by atoms with van der Waals surface area (Å²) in [5.74, 6) is -0.723. The van der Waals surface area contributed by atoms with Gasteiger partial charge in [-0.1, -0.05) is 11.6 Å². The van der Waals surface area contributed by atoms with Crippen LogP contribution in [0.25, 0.3) is 10.2 Å². The number of aromatic nitrogens is 2. The fraction of sp³-hybridized carbons (Fsp3) is 0.0769. The van der Waals surface area contributed by atoms with Crippen LogP contribution in [0.5, 0.6) is 0 Å². The lowest BCUT2D eigenvalue weighted by atomic mass is 10.2. The minimum absolute atomic E-state index is 0.0219. The summed E-state index contributed by atoms with van der Waals surface area (Å²) in [5, 5.41) is 8.18. The van der Waals surface area contributed by atoms with Crippen LogP contribution in [0.3, 0.4) is 0 Å². The van der Waals surface area contributed by atoms with Gasteiger partial charge in [-0.15, -0.1) is 11.3 Å². The third kappa shape index (κ3) is 2.62. The van der Waals surface area contributed by atoms with E-state index in [1.165, 1.54) is 11.3 Å². The molecule has 1 aromatic carbocycles. The summed E-state index contributed by atoms with van der Waals surface area (Å²) < 4.78 is 26.9. The average Bonchev–Trinajstić information content (AvgIpc) is 2.90. The Morgan fingerprint density at radius 3 is 2.76 bits per heavy atom. The van der Waals surface area contributed by atoms with E-state index >= 15 is 0 Å². The van der Waals surface area contributed by atoms with Gasteiger partial charge < -0.3 is 10.6 Å². The second-order valence-electron chi connectivity index (χ2n) is 4.15. The molecule has 0 amide bonds. The van der Waals surface area contributed by atoms with E-state index in [2.05, 4.69) is 20.6 Å². The second kappa shape index (κ2) is 5.42. The highest BCUT2D eigenvalue weighted by atomic mass is 35.5. The highest BCUT2D eigenvalue weighted by Crippen LogP contribution is 2.33. The maximum atomic E-state index is 13.9. The molecular weight excluding hydrogens is 318 g/mol. The number of fused-ring (bicyclic) bond motifs is 1. The van der Waals surface area contributed by atoms with E-state index in [-0.39, 0.29) is 10.7 Å². The van der Waals surface area contributed by atoms with E-state index in [4.69, 9.17) is 11.6 Å². The Bertz CT molecular complexity index is 798. The number of halogens is 3. The number of anilines is 3. The highest BCUT2D eigenvalue weighted by molar-refractivity contribution is 7.16. The Morgan fingerprint density at radius 2 is 2.05 bits per heavy atom. The van der Waals surface area contributed by atoms with Crippen molar-refractivity contribution in [3.05, 3.63) is 40.2 Å². The number of nitrogens with zero attached hydrogens (tertiary/aromatic N) is 2. The molecule has 108 valence electrons. The standard InChI is InChI=1S/C13H9ClF2N4S/c1-17-13-19-11(7-2-3-21-12(7)20-13)18-10-8(14)4-6(15)5-9(10)16/h2-5H,1H3,(H2,17,18,19,20). The Hall–Kier alpha value is -1.99. The van der Waals surface area contributed by atoms with Crippen molar-refractivity contribution in [2.24, 2.45) is 0 Å². The molecule has 0 aliphatic heterocycles. The number of benzene rings is 1. The predicted molar refractivity (Wildman–Crippen MR) is 81.6 cm³/mol. The summed E-state index contributed by atoms with van der Waals surface area (Å²) in [6, 6.07) is 3.62. The smallest absolute Gasteiger partial charge is 0.225 e. The molecule has 0 atom stereocenters. The van der Waals surface area contributed by atoms with Crippen LogP contribution in [0, 0.1) is 11.6 Å². The van der Waals surface area contributed by atoms with Gasteiger partial charge in [0.2, 0.25) is 5.95 Å². The molecule has 2 aromatic heterocycles. The number of hydrogen-bond acceptors (Lipinski definition) is 5. The molecule has 2 heterocycles. The van der Waals surface area contributed by atoms with Gasteiger partial charge in [0.1, 0.15) is 16.5 Å². The lowest BCUT2D eigenvalue weighted by Crippen LogP contribution is -2.02. The van der Waals surface area contributed by atoms with Gasteiger partial charge in [-0.2, -0.15) is 4.98 Å². The number of rotatable bonds is 3. The number of hydrogen-bond donors (Lipinski definition) is 2. The van der Waals surface area contributed by atoms with Crippen LogP contribution in [-0.2, 0) is 0 Å². The Labute approximate surface area is 127 Å². The third-order valence-corrected chi connectivity index (χ3v) is 3.90. The van der Waals surface area contributed by atoms with E-state index in [9.17, 15) is 8.78 Å². The Kier molecular flexibility index (Phi) is 3.60. The fourth-order valence-corrected chi connectivity index (χ4v) is 2.85. The maximum absolute atomic E-state index is 13.9.